The number of hydrogen-bond acceptors (Lipinski definition) is 2. The molecule has 0 fully saturated rings. The highest BCUT2D eigenvalue weighted by atomic mass is 35.5. The Morgan fingerprint density at radius 3 is 2.75 bits per heavy atom. The van der Waals surface area contributed by atoms with E-state index in [9.17, 15) is 0 Å². The highest BCUT2D eigenvalue weighted by Crippen LogP contribution is 2.28. The first kappa shape index (κ1) is 15.3. The summed E-state index contributed by atoms with van der Waals surface area (Å²) in [5.74, 6) is 0. The molecule has 1 unspecified atom stereocenters. The Morgan fingerprint density at radius 2 is 2.05 bits per heavy atom. The first-order valence-corrected chi connectivity index (χ1v) is 7.54. The SMILES string of the molecule is CCCNC(Cc1ccccn1)c1cc(Cl)ccc1Cl. The van der Waals surface area contributed by atoms with Gasteiger partial charge in [-0.3, -0.25) is 4.98 Å². The van der Waals surface area contributed by atoms with Crippen LogP contribution in [0.2, 0.25) is 10.0 Å². The number of nitrogens with zero attached hydrogens (tertiary/aromatic N) is 1. The molecule has 2 rings (SSSR count). The molecule has 1 aromatic heterocycles. The molecule has 1 aromatic carbocycles. The number of hydrogen-bond donors (Lipinski definition) is 1. The van der Waals surface area contributed by atoms with Crippen molar-refractivity contribution in [1.29, 1.82) is 0 Å². The first-order chi connectivity index (χ1) is 9.70. The molecule has 0 saturated heterocycles. The van der Waals surface area contributed by atoms with Gasteiger partial charge in [0.05, 0.1) is 0 Å². The average Bonchev–Trinajstić information content (AvgIpc) is 2.47. The van der Waals surface area contributed by atoms with Crippen molar-refractivity contribution in [1.82, 2.24) is 10.3 Å². The molecule has 1 N–H and O–H groups in total. The minimum atomic E-state index is 0.121. The predicted molar refractivity (Wildman–Crippen MR) is 85.4 cm³/mol. The van der Waals surface area contributed by atoms with Crippen molar-refractivity contribution in [3.05, 3.63) is 63.9 Å². The lowest BCUT2D eigenvalue weighted by atomic mass is 10.0. The van der Waals surface area contributed by atoms with Crippen LogP contribution in [0, 0.1) is 0 Å². The second kappa shape index (κ2) is 7.63. The van der Waals surface area contributed by atoms with Crippen LogP contribution in [-0.4, -0.2) is 11.5 Å². The topological polar surface area (TPSA) is 24.9 Å². The van der Waals surface area contributed by atoms with Crippen LogP contribution in [0.15, 0.2) is 42.6 Å². The van der Waals surface area contributed by atoms with E-state index in [-0.39, 0.29) is 6.04 Å². The van der Waals surface area contributed by atoms with Gasteiger partial charge in [0.15, 0.2) is 0 Å². The Balaban J connectivity index is 2.24. The molecule has 20 heavy (non-hydrogen) atoms. The molecule has 0 saturated carbocycles. The lowest BCUT2D eigenvalue weighted by Crippen LogP contribution is -2.24. The second-order valence-electron chi connectivity index (χ2n) is 4.70. The minimum absolute atomic E-state index is 0.121. The molecule has 1 heterocycles. The van der Waals surface area contributed by atoms with Crippen molar-refractivity contribution in [2.45, 2.75) is 25.8 Å². The molecule has 4 heteroatoms. The van der Waals surface area contributed by atoms with E-state index in [1.54, 1.807) is 0 Å². The van der Waals surface area contributed by atoms with E-state index < -0.39 is 0 Å². The van der Waals surface area contributed by atoms with Crippen LogP contribution in [0.4, 0.5) is 0 Å². The highest BCUT2D eigenvalue weighted by Gasteiger charge is 2.15. The van der Waals surface area contributed by atoms with E-state index in [0.717, 1.165) is 35.7 Å². The van der Waals surface area contributed by atoms with Gasteiger partial charge < -0.3 is 5.32 Å². The number of halogens is 2. The van der Waals surface area contributed by atoms with Crippen LogP contribution in [0.3, 0.4) is 0 Å². The third-order valence-electron chi connectivity index (χ3n) is 3.11. The lowest BCUT2D eigenvalue weighted by Gasteiger charge is -2.20. The fourth-order valence-electron chi connectivity index (χ4n) is 2.12. The van der Waals surface area contributed by atoms with E-state index in [4.69, 9.17) is 23.2 Å². The average molecular weight is 309 g/mol. The van der Waals surface area contributed by atoms with E-state index >= 15 is 0 Å². The molecule has 0 radical (unpaired) electrons. The maximum atomic E-state index is 6.32. The van der Waals surface area contributed by atoms with E-state index in [1.807, 2.05) is 42.6 Å². The number of pyridine rings is 1. The van der Waals surface area contributed by atoms with Gasteiger partial charge in [0, 0.05) is 34.4 Å². The second-order valence-corrected chi connectivity index (χ2v) is 5.54. The molecule has 0 amide bonds. The molecular weight excluding hydrogens is 291 g/mol. The van der Waals surface area contributed by atoms with E-state index in [2.05, 4.69) is 17.2 Å². The van der Waals surface area contributed by atoms with Crippen molar-refractivity contribution >= 4 is 23.2 Å². The number of aromatic nitrogens is 1. The van der Waals surface area contributed by atoms with Gasteiger partial charge in [-0.15, -0.1) is 0 Å². The maximum absolute atomic E-state index is 6.32. The van der Waals surface area contributed by atoms with Crippen molar-refractivity contribution < 1.29 is 0 Å². The Labute approximate surface area is 130 Å². The standard InChI is InChI=1S/C16H18Cl2N2/c1-2-8-20-16(11-13-5-3-4-9-19-13)14-10-12(17)6-7-15(14)18/h3-7,9-10,16,20H,2,8,11H2,1H3. The third kappa shape index (κ3) is 4.20. The summed E-state index contributed by atoms with van der Waals surface area (Å²) in [4.78, 5) is 4.39. The number of rotatable bonds is 6. The monoisotopic (exact) mass is 308 g/mol. The van der Waals surface area contributed by atoms with Gasteiger partial charge in [-0.2, -0.15) is 0 Å². The molecule has 0 aliphatic rings. The van der Waals surface area contributed by atoms with Gasteiger partial charge in [0.1, 0.15) is 0 Å². The number of nitrogens with one attached hydrogen (secondary N) is 1. The van der Waals surface area contributed by atoms with Crippen LogP contribution in [-0.2, 0) is 6.42 Å². The first-order valence-electron chi connectivity index (χ1n) is 6.79. The Hall–Kier alpha value is -1.09. The van der Waals surface area contributed by atoms with Gasteiger partial charge in [-0.05, 0) is 48.9 Å². The summed E-state index contributed by atoms with van der Waals surface area (Å²) < 4.78 is 0. The van der Waals surface area contributed by atoms with Gasteiger partial charge in [-0.1, -0.05) is 36.2 Å². The van der Waals surface area contributed by atoms with Crippen molar-refractivity contribution in [2.75, 3.05) is 6.54 Å². The zero-order valence-electron chi connectivity index (χ0n) is 11.4. The fourth-order valence-corrected chi connectivity index (χ4v) is 2.55. The Bertz CT molecular complexity index is 543. The summed E-state index contributed by atoms with van der Waals surface area (Å²) in [5, 5.41) is 4.96. The van der Waals surface area contributed by atoms with Crippen molar-refractivity contribution in [3.8, 4) is 0 Å². The molecule has 2 nitrogen and oxygen atoms in total. The van der Waals surface area contributed by atoms with Crippen LogP contribution in [0.5, 0.6) is 0 Å². The lowest BCUT2D eigenvalue weighted by molar-refractivity contribution is 0.524. The highest BCUT2D eigenvalue weighted by molar-refractivity contribution is 6.33. The summed E-state index contributed by atoms with van der Waals surface area (Å²) in [6, 6.07) is 11.7. The van der Waals surface area contributed by atoms with Gasteiger partial charge in [-0.25, -0.2) is 0 Å². The molecule has 0 aliphatic heterocycles. The third-order valence-corrected chi connectivity index (χ3v) is 3.69. The van der Waals surface area contributed by atoms with Gasteiger partial charge in [0.25, 0.3) is 0 Å². The molecule has 0 spiro atoms. The zero-order chi connectivity index (χ0) is 14.4. The van der Waals surface area contributed by atoms with Crippen LogP contribution in [0.25, 0.3) is 0 Å². The summed E-state index contributed by atoms with van der Waals surface area (Å²) in [5.41, 5.74) is 2.07. The normalized spacial score (nSPS) is 12.3. The van der Waals surface area contributed by atoms with Crippen LogP contribution >= 0.6 is 23.2 Å². The van der Waals surface area contributed by atoms with E-state index in [1.165, 1.54) is 0 Å². The van der Waals surface area contributed by atoms with Crippen LogP contribution in [0.1, 0.15) is 30.6 Å². The van der Waals surface area contributed by atoms with Crippen LogP contribution < -0.4 is 5.32 Å². The maximum Gasteiger partial charge on any atom is 0.0454 e. The zero-order valence-corrected chi connectivity index (χ0v) is 13.0. The van der Waals surface area contributed by atoms with E-state index in [0.29, 0.717) is 5.02 Å². The molecule has 1 atom stereocenters. The molecule has 106 valence electrons. The van der Waals surface area contributed by atoms with Gasteiger partial charge in [0.2, 0.25) is 0 Å². The molecule has 2 aromatic rings. The summed E-state index contributed by atoms with van der Waals surface area (Å²) in [6.07, 6.45) is 3.67. The van der Waals surface area contributed by atoms with Gasteiger partial charge >= 0.3 is 0 Å². The minimum Gasteiger partial charge on any atom is -0.310 e. The largest absolute Gasteiger partial charge is 0.310 e. The summed E-state index contributed by atoms with van der Waals surface area (Å²) >= 11 is 12.4. The van der Waals surface area contributed by atoms with Crippen molar-refractivity contribution in [2.24, 2.45) is 0 Å². The van der Waals surface area contributed by atoms with Crippen molar-refractivity contribution in [3.63, 3.8) is 0 Å². The Morgan fingerprint density at radius 1 is 1.20 bits per heavy atom. The summed E-state index contributed by atoms with van der Waals surface area (Å²) in [6.45, 7) is 3.07. The quantitative estimate of drug-likeness (QED) is 0.838. The molecular formula is C16H18Cl2N2. The predicted octanol–water partition coefficient (Wildman–Crippen LogP) is 4.67. The molecule has 0 aliphatic carbocycles. The summed E-state index contributed by atoms with van der Waals surface area (Å²) in [7, 11) is 0. The molecule has 0 bridgehead atoms. The smallest absolute Gasteiger partial charge is 0.0454 e. The number of benzene rings is 1. The fraction of sp³-hybridized carbons (Fsp3) is 0.312. The Kier molecular flexibility index (Phi) is 5.84.